The molecular formula is C11H12F2N2O3S. The van der Waals surface area contributed by atoms with Gasteiger partial charge in [0.15, 0.2) is 5.82 Å². The molecule has 0 aliphatic rings. The fourth-order valence-electron chi connectivity index (χ4n) is 1.32. The fourth-order valence-corrected chi connectivity index (χ4v) is 1.79. The van der Waals surface area contributed by atoms with Crippen molar-refractivity contribution in [3.8, 4) is 0 Å². The van der Waals surface area contributed by atoms with Crippen LogP contribution in [-0.2, 0) is 4.79 Å². The Hall–Kier alpha value is -1.70. The molecule has 1 rings (SSSR count). The highest BCUT2D eigenvalue weighted by Gasteiger charge is 2.23. The van der Waals surface area contributed by atoms with E-state index in [2.05, 4.69) is 10.3 Å². The number of halogens is 2. The van der Waals surface area contributed by atoms with Gasteiger partial charge in [0, 0.05) is 6.20 Å². The van der Waals surface area contributed by atoms with Crippen LogP contribution in [0.2, 0.25) is 0 Å². The highest BCUT2D eigenvalue weighted by molar-refractivity contribution is 7.98. The number of amides is 1. The molecule has 0 spiro atoms. The van der Waals surface area contributed by atoms with E-state index in [9.17, 15) is 18.4 Å². The van der Waals surface area contributed by atoms with Crippen molar-refractivity contribution >= 4 is 23.6 Å². The molecule has 8 heteroatoms. The second-order valence-corrected chi connectivity index (χ2v) is 4.59. The molecule has 0 saturated carbocycles. The number of thioether (sulfide) groups is 1. The number of pyridine rings is 1. The summed E-state index contributed by atoms with van der Waals surface area (Å²) >= 11 is 1.42. The number of nitrogens with one attached hydrogen (secondary N) is 1. The lowest BCUT2D eigenvalue weighted by Crippen LogP contribution is -2.41. The Morgan fingerprint density at radius 2 is 2.21 bits per heavy atom. The number of carbonyl (C=O) groups is 2. The van der Waals surface area contributed by atoms with Crippen LogP contribution in [0.5, 0.6) is 0 Å². The zero-order chi connectivity index (χ0) is 14.4. The van der Waals surface area contributed by atoms with Gasteiger partial charge >= 0.3 is 5.97 Å². The zero-order valence-electron chi connectivity index (χ0n) is 10.0. The third-order valence-corrected chi connectivity index (χ3v) is 2.95. The van der Waals surface area contributed by atoms with Gasteiger partial charge in [0.05, 0.1) is 5.56 Å². The van der Waals surface area contributed by atoms with Crippen molar-refractivity contribution in [1.82, 2.24) is 10.3 Å². The molecule has 1 atom stereocenters. The number of hydrogen-bond donors (Lipinski definition) is 2. The van der Waals surface area contributed by atoms with Crippen molar-refractivity contribution in [2.75, 3.05) is 12.0 Å². The topological polar surface area (TPSA) is 79.3 Å². The number of carboxylic acid groups (broad SMARTS) is 1. The molecule has 1 aromatic heterocycles. The maximum Gasteiger partial charge on any atom is 0.326 e. The van der Waals surface area contributed by atoms with E-state index < -0.39 is 35.2 Å². The minimum atomic E-state index is -1.40. The standard InChI is InChI=1S/C11H12F2N2O3S/c1-19-5-3-7(11(17)18)15-10(16)6-2-4-14-9(13)8(6)12/h2,4,7H,3,5H2,1H3,(H,15,16)(H,17,18)/t7-/m1/s1. The van der Waals surface area contributed by atoms with Gasteiger partial charge in [-0.15, -0.1) is 0 Å². The minimum absolute atomic E-state index is 0.192. The van der Waals surface area contributed by atoms with E-state index in [4.69, 9.17) is 5.11 Å². The SMILES string of the molecule is CSCC[C@@H](NC(=O)c1ccnc(F)c1F)C(=O)O. The van der Waals surface area contributed by atoms with Gasteiger partial charge < -0.3 is 10.4 Å². The van der Waals surface area contributed by atoms with Crippen LogP contribution in [0.3, 0.4) is 0 Å². The zero-order valence-corrected chi connectivity index (χ0v) is 10.8. The average Bonchev–Trinajstić information content (AvgIpc) is 2.37. The first kappa shape index (κ1) is 15.4. The summed E-state index contributed by atoms with van der Waals surface area (Å²) in [6.07, 6.45) is 2.92. The van der Waals surface area contributed by atoms with Crippen LogP contribution >= 0.6 is 11.8 Å². The van der Waals surface area contributed by atoms with E-state index in [0.29, 0.717) is 5.75 Å². The van der Waals surface area contributed by atoms with Gasteiger partial charge in [0.25, 0.3) is 5.91 Å². The molecule has 0 saturated heterocycles. The molecule has 0 fully saturated rings. The van der Waals surface area contributed by atoms with E-state index in [-0.39, 0.29) is 6.42 Å². The van der Waals surface area contributed by atoms with Gasteiger partial charge in [-0.2, -0.15) is 16.2 Å². The van der Waals surface area contributed by atoms with Crippen LogP contribution in [0, 0.1) is 11.8 Å². The minimum Gasteiger partial charge on any atom is -0.480 e. The normalized spacial score (nSPS) is 11.9. The molecule has 0 unspecified atom stereocenters. The monoisotopic (exact) mass is 290 g/mol. The molecule has 0 aliphatic heterocycles. The predicted octanol–water partition coefficient (Wildman–Crippen LogP) is 1.30. The van der Waals surface area contributed by atoms with Gasteiger partial charge in [-0.3, -0.25) is 4.79 Å². The number of carboxylic acids is 1. The van der Waals surface area contributed by atoms with Gasteiger partial charge in [-0.05, 0) is 24.5 Å². The van der Waals surface area contributed by atoms with Crippen LogP contribution in [0.4, 0.5) is 8.78 Å². The first-order valence-corrected chi connectivity index (χ1v) is 6.69. The Morgan fingerprint density at radius 3 is 2.79 bits per heavy atom. The summed E-state index contributed by atoms with van der Waals surface area (Å²) in [4.78, 5) is 25.6. The number of aromatic nitrogens is 1. The average molecular weight is 290 g/mol. The largest absolute Gasteiger partial charge is 0.480 e. The van der Waals surface area contributed by atoms with Crippen molar-refractivity contribution < 1.29 is 23.5 Å². The number of hydrogen-bond acceptors (Lipinski definition) is 4. The molecule has 0 aromatic carbocycles. The Balaban J connectivity index is 2.82. The quantitative estimate of drug-likeness (QED) is 0.772. The number of carbonyl (C=O) groups excluding carboxylic acids is 1. The lowest BCUT2D eigenvalue weighted by atomic mass is 10.2. The fraction of sp³-hybridized carbons (Fsp3) is 0.364. The lowest BCUT2D eigenvalue weighted by molar-refractivity contribution is -0.139. The van der Waals surface area contributed by atoms with Gasteiger partial charge in [0.2, 0.25) is 5.95 Å². The second kappa shape index (κ2) is 7.03. The van der Waals surface area contributed by atoms with Crippen molar-refractivity contribution in [3.05, 3.63) is 29.6 Å². The van der Waals surface area contributed by atoms with E-state index in [1.807, 2.05) is 0 Å². The third kappa shape index (κ3) is 4.16. The molecule has 104 valence electrons. The lowest BCUT2D eigenvalue weighted by Gasteiger charge is -2.14. The molecule has 0 radical (unpaired) electrons. The van der Waals surface area contributed by atoms with E-state index >= 15 is 0 Å². The number of nitrogens with zero attached hydrogens (tertiary/aromatic N) is 1. The second-order valence-electron chi connectivity index (χ2n) is 3.61. The van der Waals surface area contributed by atoms with Gasteiger partial charge in [-0.25, -0.2) is 14.2 Å². The summed E-state index contributed by atoms with van der Waals surface area (Å²) in [6.45, 7) is 0. The molecular weight excluding hydrogens is 278 g/mol. The van der Waals surface area contributed by atoms with E-state index in [1.165, 1.54) is 11.8 Å². The number of aliphatic carboxylic acids is 1. The summed E-state index contributed by atoms with van der Waals surface area (Å²) in [7, 11) is 0. The maximum absolute atomic E-state index is 13.3. The Morgan fingerprint density at radius 1 is 1.53 bits per heavy atom. The Labute approximate surface area is 112 Å². The highest BCUT2D eigenvalue weighted by Crippen LogP contribution is 2.10. The molecule has 0 aliphatic carbocycles. The number of rotatable bonds is 6. The van der Waals surface area contributed by atoms with Crippen LogP contribution < -0.4 is 5.32 Å². The van der Waals surface area contributed by atoms with Crippen LogP contribution in [-0.4, -0.2) is 40.0 Å². The summed E-state index contributed by atoms with van der Waals surface area (Å²) in [5.41, 5.74) is -0.567. The summed E-state index contributed by atoms with van der Waals surface area (Å²) in [5, 5.41) is 11.1. The van der Waals surface area contributed by atoms with Crippen LogP contribution in [0.15, 0.2) is 12.3 Å². The van der Waals surface area contributed by atoms with Crippen molar-refractivity contribution in [1.29, 1.82) is 0 Å². The highest BCUT2D eigenvalue weighted by atomic mass is 32.2. The molecule has 5 nitrogen and oxygen atoms in total. The van der Waals surface area contributed by atoms with Gasteiger partial charge in [0.1, 0.15) is 6.04 Å². The molecule has 19 heavy (non-hydrogen) atoms. The van der Waals surface area contributed by atoms with Crippen molar-refractivity contribution in [3.63, 3.8) is 0 Å². The first-order valence-electron chi connectivity index (χ1n) is 5.30. The first-order chi connectivity index (χ1) is 8.97. The van der Waals surface area contributed by atoms with Crippen molar-refractivity contribution in [2.45, 2.75) is 12.5 Å². The summed E-state index contributed by atoms with van der Waals surface area (Å²) < 4.78 is 26.2. The van der Waals surface area contributed by atoms with Crippen LogP contribution in [0.25, 0.3) is 0 Å². The van der Waals surface area contributed by atoms with Crippen molar-refractivity contribution in [2.24, 2.45) is 0 Å². The molecule has 0 bridgehead atoms. The molecule has 1 amide bonds. The Bertz CT molecular complexity index is 485. The summed E-state index contributed by atoms with van der Waals surface area (Å²) in [5.74, 6) is -4.48. The molecule has 1 heterocycles. The predicted molar refractivity (Wildman–Crippen MR) is 66.0 cm³/mol. The smallest absolute Gasteiger partial charge is 0.326 e. The van der Waals surface area contributed by atoms with E-state index in [1.54, 1.807) is 6.26 Å². The Kier molecular flexibility index (Phi) is 5.68. The van der Waals surface area contributed by atoms with Gasteiger partial charge in [-0.1, -0.05) is 0 Å². The third-order valence-electron chi connectivity index (χ3n) is 2.31. The maximum atomic E-state index is 13.3. The molecule has 2 N–H and O–H groups in total. The van der Waals surface area contributed by atoms with E-state index in [0.717, 1.165) is 12.3 Å². The molecule has 1 aromatic rings. The van der Waals surface area contributed by atoms with Crippen LogP contribution in [0.1, 0.15) is 16.8 Å². The summed E-state index contributed by atoms with van der Waals surface area (Å²) in [6, 6.07) is -0.156.